The quantitative estimate of drug-likeness (QED) is 0.677. The van der Waals surface area contributed by atoms with Gasteiger partial charge in [-0.1, -0.05) is 12.1 Å². The third kappa shape index (κ3) is 3.28. The molecule has 0 spiro atoms. The van der Waals surface area contributed by atoms with Crippen molar-refractivity contribution in [1.29, 1.82) is 0 Å². The van der Waals surface area contributed by atoms with Crippen molar-refractivity contribution in [2.24, 2.45) is 0 Å². The van der Waals surface area contributed by atoms with E-state index < -0.39 is 35.7 Å². The Morgan fingerprint density at radius 2 is 2.08 bits per heavy atom. The van der Waals surface area contributed by atoms with E-state index in [1.807, 2.05) is 0 Å². The molecule has 8 nitrogen and oxygen atoms in total. The number of anilines is 1. The molecule has 0 saturated carbocycles. The number of nitrogens with zero attached hydrogens (tertiary/aromatic N) is 2. The maximum Gasteiger partial charge on any atom is 0.325 e. The van der Waals surface area contributed by atoms with Crippen molar-refractivity contribution in [3.8, 4) is 0 Å². The van der Waals surface area contributed by atoms with Gasteiger partial charge in [0.15, 0.2) is 5.13 Å². The molecule has 0 radical (unpaired) electrons. The summed E-state index contributed by atoms with van der Waals surface area (Å²) in [5, 5.41) is 15.8. The van der Waals surface area contributed by atoms with Gasteiger partial charge in [-0.25, -0.2) is 14.2 Å². The highest BCUT2D eigenvalue weighted by Gasteiger charge is 2.49. The van der Waals surface area contributed by atoms with Crippen molar-refractivity contribution in [2.75, 3.05) is 11.9 Å². The fourth-order valence-corrected chi connectivity index (χ4v) is 3.28. The van der Waals surface area contributed by atoms with E-state index >= 15 is 0 Å². The molecule has 1 aromatic carbocycles. The minimum Gasteiger partial charge on any atom is -0.390 e. The maximum atomic E-state index is 13.1. The summed E-state index contributed by atoms with van der Waals surface area (Å²) in [6.45, 7) is 0.748. The molecule has 1 aliphatic heterocycles. The van der Waals surface area contributed by atoms with Crippen LogP contribution in [0.4, 0.5) is 14.3 Å². The SMILES string of the molecule is CC1(c2ccc(F)cc2)NC(=O)N(CC(=O)Nc2nc(CO)cs2)C1=O. The first-order valence-electron chi connectivity index (χ1n) is 7.59. The molecule has 3 N–H and O–H groups in total. The average Bonchev–Trinajstić information content (AvgIpc) is 3.14. The highest BCUT2D eigenvalue weighted by molar-refractivity contribution is 7.13. The Kier molecular flexibility index (Phi) is 4.70. The highest BCUT2D eigenvalue weighted by atomic mass is 32.1. The zero-order valence-electron chi connectivity index (χ0n) is 13.7. The lowest BCUT2D eigenvalue weighted by molar-refractivity contribution is -0.133. The molecule has 1 aromatic heterocycles. The number of aliphatic hydroxyl groups is 1. The summed E-state index contributed by atoms with van der Waals surface area (Å²) in [5.74, 6) is -1.67. The van der Waals surface area contributed by atoms with Gasteiger partial charge in [0.2, 0.25) is 5.91 Å². The number of aliphatic hydroxyl groups excluding tert-OH is 1. The number of halogens is 1. The monoisotopic (exact) mass is 378 g/mol. The molecule has 26 heavy (non-hydrogen) atoms. The Morgan fingerprint density at radius 1 is 1.38 bits per heavy atom. The highest BCUT2D eigenvalue weighted by Crippen LogP contribution is 2.29. The fourth-order valence-electron chi connectivity index (χ4n) is 2.56. The van der Waals surface area contributed by atoms with Crippen LogP contribution in [0.2, 0.25) is 0 Å². The Morgan fingerprint density at radius 3 is 2.69 bits per heavy atom. The van der Waals surface area contributed by atoms with E-state index in [2.05, 4.69) is 15.6 Å². The van der Waals surface area contributed by atoms with Crippen LogP contribution >= 0.6 is 11.3 Å². The molecule has 2 aromatic rings. The van der Waals surface area contributed by atoms with E-state index in [0.29, 0.717) is 11.3 Å². The molecule has 0 aliphatic carbocycles. The normalized spacial score (nSPS) is 19.6. The van der Waals surface area contributed by atoms with Crippen LogP contribution in [0, 0.1) is 5.82 Å². The lowest BCUT2D eigenvalue weighted by atomic mass is 9.92. The van der Waals surface area contributed by atoms with Gasteiger partial charge in [0, 0.05) is 5.38 Å². The van der Waals surface area contributed by atoms with Crippen LogP contribution in [0.5, 0.6) is 0 Å². The van der Waals surface area contributed by atoms with E-state index in [0.717, 1.165) is 16.2 Å². The first kappa shape index (κ1) is 18.0. The van der Waals surface area contributed by atoms with E-state index in [1.54, 1.807) is 5.38 Å². The number of imide groups is 1. The summed E-state index contributed by atoms with van der Waals surface area (Å²) in [7, 11) is 0. The number of rotatable bonds is 5. The van der Waals surface area contributed by atoms with Gasteiger partial charge >= 0.3 is 6.03 Å². The number of hydrogen-bond acceptors (Lipinski definition) is 6. The van der Waals surface area contributed by atoms with Gasteiger partial charge in [-0.3, -0.25) is 14.5 Å². The maximum absolute atomic E-state index is 13.1. The molecule has 10 heteroatoms. The molecule has 1 aliphatic rings. The first-order valence-corrected chi connectivity index (χ1v) is 8.46. The number of amides is 4. The van der Waals surface area contributed by atoms with Crippen molar-refractivity contribution < 1.29 is 23.9 Å². The Balaban J connectivity index is 1.72. The van der Waals surface area contributed by atoms with Crippen molar-refractivity contribution >= 4 is 34.3 Å². The molecule has 1 unspecified atom stereocenters. The topological polar surface area (TPSA) is 112 Å². The second-order valence-electron chi connectivity index (χ2n) is 5.80. The lowest BCUT2D eigenvalue weighted by Crippen LogP contribution is -2.42. The van der Waals surface area contributed by atoms with Crippen LogP contribution in [0.1, 0.15) is 18.2 Å². The van der Waals surface area contributed by atoms with Crippen LogP contribution in [-0.2, 0) is 21.7 Å². The third-order valence-electron chi connectivity index (χ3n) is 3.96. The number of benzene rings is 1. The summed E-state index contributed by atoms with van der Waals surface area (Å²) < 4.78 is 13.1. The summed E-state index contributed by atoms with van der Waals surface area (Å²) >= 11 is 1.12. The number of carbonyl (C=O) groups is 3. The smallest absolute Gasteiger partial charge is 0.325 e. The van der Waals surface area contributed by atoms with Crippen molar-refractivity contribution in [3.63, 3.8) is 0 Å². The minimum atomic E-state index is -1.38. The van der Waals surface area contributed by atoms with Crippen LogP contribution < -0.4 is 10.6 Å². The van der Waals surface area contributed by atoms with Crippen molar-refractivity contribution in [3.05, 3.63) is 46.7 Å². The zero-order chi connectivity index (χ0) is 18.9. The van der Waals surface area contributed by atoms with Gasteiger partial charge < -0.3 is 15.7 Å². The van der Waals surface area contributed by atoms with Crippen LogP contribution in [0.15, 0.2) is 29.6 Å². The number of urea groups is 1. The average molecular weight is 378 g/mol. The van der Waals surface area contributed by atoms with E-state index in [1.165, 1.54) is 31.2 Å². The number of hydrogen-bond donors (Lipinski definition) is 3. The van der Waals surface area contributed by atoms with E-state index in [-0.39, 0.29) is 11.7 Å². The second-order valence-corrected chi connectivity index (χ2v) is 6.66. The van der Waals surface area contributed by atoms with Gasteiger partial charge in [-0.05, 0) is 24.6 Å². The standard InChI is InChI=1S/C16H15FN4O4S/c1-16(9-2-4-10(17)5-3-9)13(24)21(15(25)20-16)6-12(23)19-14-18-11(7-22)8-26-14/h2-5,8,22H,6-7H2,1H3,(H,20,25)(H,18,19,23). The molecule has 1 atom stereocenters. The Hall–Kier alpha value is -2.85. The molecule has 3 rings (SSSR count). The third-order valence-corrected chi connectivity index (χ3v) is 4.76. The van der Waals surface area contributed by atoms with Gasteiger partial charge in [-0.2, -0.15) is 0 Å². The van der Waals surface area contributed by atoms with E-state index in [4.69, 9.17) is 5.11 Å². The molecular weight excluding hydrogens is 363 g/mol. The first-order chi connectivity index (χ1) is 12.3. The summed E-state index contributed by atoms with van der Waals surface area (Å²) in [5.41, 5.74) is -0.562. The second kappa shape index (κ2) is 6.81. The van der Waals surface area contributed by atoms with Gasteiger partial charge in [-0.15, -0.1) is 11.3 Å². The summed E-state index contributed by atoms with van der Waals surface area (Å²) in [4.78, 5) is 41.7. The molecule has 0 bridgehead atoms. The molecule has 1 saturated heterocycles. The van der Waals surface area contributed by atoms with Gasteiger partial charge in [0.05, 0.1) is 12.3 Å². The van der Waals surface area contributed by atoms with Gasteiger partial charge in [0.1, 0.15) is 17.9 Å². The molecular formula is C16H15FN4O4S. The number of aromatic nitrogens is 1. The molecule has 2 heterocycles. The fraction of sp³-hybridized carbons (Fsp3) is 0.250. The molecule has 1 fully saturated rings. The zero-order valence-corrected chi connectivity index (χ0v) is 14.5. The van der Waals surface area contributed by atoms with Crippen LogP contribution in [-0.4, -0.2) is 39.4 Å². The predicted molar refractivity (Wildman–Crippen MR) is 90.7 cm³/mol. The predicted octanol–water partition coefficient (Wildman–Crippen LogP) is 1.18. The number of nitrogens with one attached hydrogen (secondary N) is 2. The summed E-state index contributed by atoms with van der Waals surface area (Å²) in [6, 6.07) is 4.48. The van der Waals surface area contributed by atoms with Crippen molar-refractivity contribution in [1.82, 2.24) is 15.2 Å². The number of carbonyl (C=O) groups excluding carboxylic acids is 3. The summed E-state index contributed by atoms with van der Waals surface area (Å²) in [6.07, 6.45) is 0. The van der Waals surface area contributed by atoms with Gasteiger partial charge in [0.25, 0.3) is 5.91 Å². The minimum absolute atomic E-state index is 0.255. The van der Waals surface area contributed by atoms with Crippen molar-refractivity contribution in [2.45, 2.75) is 19.1 Å². The van der Waals surface area contributed by atoms with Crippen LogP contribution in [0.25, 0.3) is 0 Å². The Bertz CT molecular complexity index is 869. The van der Waals surface area contributed by atoms with E-state index in [9.17, 15) is 18.8 Å². The molecule has 4 amide bonds. The Labute approximate surface area is 151 Å². The molecule has 136 valence electrons. The largest absolute Gasteiger partial charge is 0.390 e. The number of thiazole rings is 1. The lowest BCUT2D eigenvalue weighted by Gasteiger charge is -2.22. The van der Waals surface area contributed by atoms with Crippen LogP contribution in [0.3, 0.4) is 0 Å².